The SMILES string of the molecule is Cc1ccc2c(c1S)N(CCC1CCCCN1C)c1ccccc1S2.Cl. The lowest BCUT2D eigenvalue weighted by atomic mass is 9.99. The number of likely N-dealkylation sites (tertiary alicyclic amines) is 1. The molecule has 4 rings (SSSR count). The van der Waals surface area contributed by atoms with Gasteiger partial charge < -0.3 is 9.80 Å². The van der Waals surface area contributed by atoms with Crippen molar-refractivity contribution < 1.29 is 0 Å². The van der Waals surface area contributed by atoms with Gasteiger partial charge in [0.1, 0.15) is 0 Å². The van der Waals surface area contributed by atoms with Crippen LogP contribution in [0.25, 0.3) is 0 Å². The molecule has 2 heterocycles. The molecule has 1 fully saturated rings. The van der Waals surface area contributed by atoms with Crippen LogP contribution < -0.4 is 4.90 Å². The Morgan fingerprint density at radius 3 is 2.73 bits per heavy atom. The summed E-state index contributed by atoms with van der Waals surface area (Å²) in [5.74, 6) is 0. The van der Waals surface area contributed by atoms with Gasteiger partial charge in [-0.2, -0.15) is 0 Å². The largest absolute Gasteiger partial charge is 0.339 e. The van der Waals surface area contributed by atoms with Crippen LogP contribution in [0.3, 0.4) is 0 Å². The lowest BCUT2D eigenvalue weighted by molar-refractivity contribution is 0.178. The minimum absolute atomic E-state index is 0. The van der Waals surface area contributed by atoms with Gasteiger partial charge in [-0.25, -0.2) is 0 Å². The summed E-state index contributed by atoms with van der Waals surface area (Å²) in [6.45, 7) is 4.45. The minimum atomic E-state index is 0. The molecule has 0 aromatic heterocycles. The molecule has 0 amide bonds. The molecule has 0 N–H and O–H groups in total. The van der Waals surface area contributed by atoms with Gasteiger partial charge in [-0.15, -0.1) is 25.0 Å². The van der Waals surface area contributed by atoms with Gasteiger partial charge in [-0.1, -0.05) is 36.4 Å². The standard InChI is InChI=1S/C21H26N2S2.ClH/c1-15-10-11-19-20(21(15)24)23(17-8-3-4-9-18(17)25-19)14-12-16-7-5-6-13-22(16)2;/h3-4,8-11,16,24H,5-7,12-14H2,1-2H3;1H. The molecule has 2 aromatic carbocycles. The molecule has 140 valence electrons. The third-order valence-electron chi connectivity index (χ3n) is 5.57. The number of nitrogens with zero attached hydrogens (tertiary/aromatic N) is 2. The third kappa shape index (κ3) is 3.75. The normalized spacial score (nSPS) is 19.5. The number of hydrogen-bond donors (Lipinski definition) is 1. The summed E-state index contributed by atoms with van der Waals surface area (Å²) in [6, 6.07) is 13.9. The average Bonchev–Trinajstić information content (AvgIpc) is 2.63. The first-order chi connectivity index (χ1) is 12.1. The Hall–Kier alpha value is -0.810. The molecule has 2 aliphatic rings. The van der Waals surface area contributed by atoms with E-state index in [1.54, 1.807) is 0 Å². The highest BCUT2D eigenvalue weighted by atomic mass is 35.5. The first-order valence-corrected chi connectivity index (χ1v) is 10.5. The van der Waals surface area contributed by atoms with Crippen molar-refractivity contribution >= 4 is 48.2 Å². The Morgan fingerprint density at radius 2 is 1.92 bits per heavy atom. The van der Waals surface area contributed by atoms with Crippen LogP contribution in [0.4, 0.5) is 11.4 Å². The zero-order valence-electron chi connectivity index (χ0n) is 15.4. The zero-order valence-corrected chi connectivity index (χ0v) is 18.0. The number of rotatable bonds is 3. The van der Waals surface area contributed by atoms with Crippen LogP contribution >= 0.6 is 36.8 Å². The lowest BCUT2D eigenvalue weighted by Gasteiger charge is -2.37. The van der Waals surface area contributed by atoms with E-state index in [1.807, 2.05) is 11.8 Å². The predicted molar refractivity (Wildman–Crippen MR) is 118 cm³/mol. The van der Waals surface area contributed by atoms with E-state index in [-0.39, 0.29) is 12.4 Å². The van der Waals surface area contributed by atoms with Crippen LogP contribution in [0.1, 0.15) is 31.2 Å². The Labute approximate surface area is 173 Å². The minimum Gasteiger partial charge on any atom is -0.339 e. The number of piperidine rings is 1. The quantitative estimate of drug-likeness (QED) is 0.608. The van der Waals surface area contributed by atoms with Crippen molar-refractivity contribution in [1.29, 1.82) is 0 Å². The van der Waals surface area contributed by atoms with E-state index in [9.17, 15) is 0 Å². The topological polar surface area (TPSA) is 6.48 Å². The lowest BCUT2D eigenvalue weighted by Crippen LogP contribution is -2.38. The van der Waals surface area contributed by atoms with Crippen LogP contribution in [0.5, 0.6) is 0 Å². The number of thiol groups is 1. The van der Waals surface area contributed by atoms with Gasteiger partial charge in [-0.05, 0) is 63.5 Å². The smallest absolute Gasteiger partial charge is 0.0691 e. The molecule has 0 aliphatic carbocycles. The number of benzene rings is 2. The Bertz CT molecular complexity index is 781. The first-order valence-electron chi connectivity index (χ1n) is 9.22. The number of aryl methyl sites for hydroxylation is 1. The van der Waals surface area contributed by atoms with Crippen LogP contribution in [-0.4, -0.2) is 31.1 Å². The van der Waals surface area contributed by atoms with Gasteiger partial charge in [0.25, 0.3) is 0 Å². The Morgan fingerprint density at radius 1 is 1.12 bits per heavy atom. The second-order valence-corrected chi connectivity index (χ2v) is 8.75. The molecule has 1 unspecified atom stereocenters. The Kier molecular flexibility index (Phi) is 6.50. The van der Waals surface area contributed by atoms with Crippen LogP contribution in [0.15, 0.2) is 51.1 Å². The van der Waals surface area contributed by atoms with Gasteiger partial charge in [0.2, 0.25) is 0 Å². The number of hydrogen-bond acceptors (Lipinski definition) is 4. The fourth-order valence-electron chi connectivity index (χ4n) is 4.03. The van der Waals surface area contributed by atoms with Gasteiger partial charge in [-0.3, -0.25) is 0 Å². The summed E-state index contributed by atoms with van der Waals surface area (Å²) in [5, 5.41) is 0. The molecule has 26 heavy (non-hydrogen) atoms. The van der Waals surface area contributed by atoms with Crippen LogP contribution in [0, 0.1) is 6.92 Å². The van der Waals surface area contributed by atoms with Crippen molar-refractivity contribution in [2.75, 3.05) is 25.0 Å². The van der Waals surface area contributed by atoms with E-state index in [0.717, 1.165) is 11.4 Å². The molecule has 0 radical (unpaired) electrons. The number of para-hydroxylation sites is 1. The van der Waals surface area contributed by atoms with E-state index < -0.39 is 0 Å². The summed E-state index contributed by atoms with van der Waals surface area (Å²) in [6.07, 6.45) is 5.25. The maximum Gasteiger partial charge on any atom is 0.0691 e. The van der Waals surface area contributed by atoms with Crippen molar-refractivity contribution in [3.05, 3.63) is 42.0 Å². The molecule has 1 atom stereocenters. The van der Waals surface area contributed by atoms with Gasteiger partial charge in [0.05, 0.1) is 11.4 Å². The highest BCUT2D eigenvalue weighted by Crippen LogP contribution is 2.51. The van der Waals surface area contributed by atoms with E-state index in [0.29, 0.717) is 6.04 Å². The average molecular weight is 407 g/mol. The highest BCUT2D eigenvalue weighted by molar-refractivity contribution is 7.99. The summed E-state index contributed by atoms with van der Waals surface area (Å²) < 4.78 is 0. The van der Waals surface area contributed by atoms with Gasteiger partial charge in [0.15, 0.2) is 0 Å². The maximum atomic E-state index is 4.87. The summed E-state index contributed by atoms with van der Waals surface area (Å²) >= 11 is 6.74. The summed E-state index contributed by atoms with van der Waals surface area (Å²) in [5.41, 5.74) is 3.88. The van der Waals surface area contributed by atoms with Crippen molar-refractivity contribution in [2.24, 2.45) is 0 Å². The molecule has 5 heteroatoms. The maximum absolute atomic E-state index is 4.87. The molecule has 1 saturated heterocycles. The molecular formula is C21H27ClN2S2. The third-order valence-corrected chi connectivity index (χ3v) is 7.25. The molecule has 0 bridgehead atoms. The molecule has 2 aliphatic heterocycles. The molecule has 2 aromatic rings. The summed E-state index contributed by atoms with van der Waals surface area (Å²) in [4.78, 5) is 8.86. The second kappa shape index (κ2) is 8.47. The molecule has 2 nitrogen and oxygen atoms in total. The number of fused-ring (bicyclic) bond motifs is 2. The van der Waals surface area contributed by atoms with Crippen LogP contribution in [-0.2, 0) is 0 Å². The van der Waals surface area contributed by atoms with E-state index in [4.69, 9.17) is 12.6 Å². The van der Waals surface area contributed by atoms with Crippen LogP contribution in [0.2, 0.25) is 0 Å². The highest BCUT2D eigenvalue weighted by Gasteiger charge is 2.27. The van der Waals surface area contributed by atoms with Crippen molar-refractivity contribution in [3.8, 4) is 0 Å². The molecular weight excluding hydrogens is 380 g/mol. The van der Waals surface area contributed by atoms with E-state index >= 15 is 0 Å². The van der Waals surface area contributed by atoms with Crippen molar-refractivity contribution in [3.63, 3.8) is 0 Å². The second-order valence-electron chi connectivity index (χ2n) is 7.22. The van der Waals surface area contributed by atoms with Gasteiger partial charge in [0, 0.05) is 27.3 Å². The first kappa shape index (κ1) is 19.9. The van der Waals surface area contributed by atoms with E-state index in [1.165, 1.54) is 59.0 Å². The number of anilines is 2. The van der Waals surface area contributed by atoms with Gasteiger partial charge >= 0.3 is 0 Å². The van der Waals surface area contributed by atoms with E-state index in [2.05, 4.69) is 60.2 Å². The summed E-state index contributed by atoms with van der Waals surface area (Å²) in [7, 11) is 2.28. The fraction of sp³-hybridized carbons (Fsp3) is 0.429. The zero-order chi connectivity index (χ0) is 17.4. The fourth-order valence-corrected chi connectivity index (χ4v) is 5.53. The van der Waals surface area contributed by atoms with Crippen molar-refractivity contribution in [1.82, 2.24) is 4.90 Å². The predicted octanol–water partition coefficient (Wildman–Crippen LogP) is 6.18. The Balaban J connectivity index is 0.00000196. The van der Waals surface area contributed by atoms with Crippen molar-refractivity contribution in [2.45, 2.75) is 53.3 Å². The monoisotopic (exact) mass is 406 g/mol. The molecule has 0 saturated carbocycles. The molecule has 0 spiro atoms. The number of halogens is 1.